The molecule has 0 aromatic heterocycles. The highest BCUT2D eigenvalue weighted by Gasteiger charge is 2.47. The van der Waals surface area contributed by atoms with Crippen LogP contribution in [0.1, 0.15) is 18.4 Å². The number of aliphatic hydroxyl groups is 1. The summed E-state index contributed by atoms with van der Waals surface area (Å²) in [5.41, 5.74) is 2.25. The number of rotatable bonds is 2. The summed E-state index contributed by atoms with van der Waals surface area (Å²) in [6.45, 7) is 0. The number of carbonyl (C=O) groups is 1. The number of nitrogens with zero attached hydrogens (tertiary/aromatic N) is 1. The molecule has 1 aromatic rings. The molecule has 112 valence electrons. The van der Waals surface area contributed by atoms with Crippen molar-refractivity contribution in [1.82, 2.24) is 4.90 Å². The van der Waals surface area contributed by atoms with Crippen molar-refractivity contribution in [3.8, 4) is 0 Å². The second kappa shape index (κ2) is 5.24. The van der Waals surface area contributed by atoms with Crippen molar-refractivity contribution in [1.29, 1.82) is 0 Å². The number of likely N-dealkylation sites (N-methyl/N-ethyl adjacent to an activating group) is 1. The number of hydrogen-bond acceptors (Lipinski definition) is 4. The molecular weight excluding hydrogens is 273 g/mol. The smallest absolute Gasteiger partial charge is 0.335 e. The summed E-state index contributed by atoms with van der Waals surface area (Å²) in [4.78, 5) is 14.2. The molecule has 0 saturated carbocycles. The maximum atomic E-state index is 13.1. The zero-order chi connectivity index (χ0) is 15.1. The fourth-order valence-corrected chi connectivity index (χ4v) is 3.47. The van der Waals surface area contributed by atoms with Gasteiger partial charge < -0.3 is 9.84 Å². The van der Waals surface area contributed by atoms with E-state index in [1.54, 1.807) is 12.1 Å². The van der Waals surface area contributed by atoms with Crippen molar-refractivity contribution in [3.63, 3.8) is 0 Å². The van der Waals surface area contributed by atoms with Gasteiger partial charge >= 0.3 is 5.97 Å². The molecule has 0 spiro atoms. The molecule has 1 N–H and O–H groups in total. The topological polar surface area (TPSA) is 49.8 Å². The number of esters is 1. The van der Waals surface area contributed by atoms with E-state index in [0.717, 1.165) is 11.1 Å². The second-order valence-corrected chi connectivity index (χ2v) is 5.65. The zero-order valence-corrected chi connectivity index (χ0v) is 12.0. The largest absolute Gasteiger partial charge is 0.466 e. The van der Waals surface area contributed by atoms with E-state index in [2.05, 4.69) is 0 Å². The number of halogens is 1. The minimum absolute atomic E-state index is 0.0107. The Morgan fingerprint density at radius 1 is 1.38 bits per heavy atom. The van der Waals surface area contributed by atoms with Gasteiger partial charge in [-0.15, -0.1) is 0 Å². The zero-order valence-electron chi connectivity index (χ0n) is 12.0. The molecule has 1 fully saturated rings. The summed E-state index contributed by atoms with van der Waals surface area (Å²) in [7, 11) is 3.27. The van der Waals surface area contributed by atoms with Crippen LogP contribution in [0.5, 0.6) is 0 Å². The lowest BCUT2D eigenvalue weighted by Crippen LogP contribution is -2.42. The number of aliphatic hydroxyl groups excluding tert-OH is 1. The van der Waals surface area contributed by atoms with Gasteiger partial charge in [0, 0.05) is 12.1 Å². The van der Waals surface area contributed by atoms with Crippen molar-refractivity contribution in [2.24, 2.45) is 0 Å². The molecule has 2 unspecified atom stereocenters. The minimum atomic E-state index is -0.461. The van der Waals surface area contributed by atoms with E-state index in [0.29, 0.717) is 18.4 Å². The summed E-state index contributed by atoms with van der Waals surface area (Å²) in [5.74, 6) is -0.686. The summed E-state index contributed by atoms with van der Waals surface area (Å²) in [6, 6.07) is 5.95. The van der Waals surface area contributed by atoms with Gasteiger partial charge in [0.2, 0.25) is 0 Å². The Bertz CT molecular complexity index is 596. The summed E-state index contributed by atoms with van der Waals surface area (Å²) in [5, 5.41) is 10.2. The molecule has 0 aliphatic carbocycles. The van der Waals surface area contributed by atoms with Crippen LogP contribution in [-0.4, -0.2) is 48.3 Å². The normalized spacial score (nSPS) is 28.9. The quantitative estimate of drug-likeness (QED) is 0.841. The fourth-order valence-electron chi connectivity index (χ4n) is 3.47. The Hall–Kier alpha value is -1.72. The summed E-state index contributed by atoms with van der Waals surface area (Å²) in [6.07, 6.45) is 0.623. The fraction of sp³-hybridized carbons (Fsp3) is 0.438. The molecule has 0 radical (unpaired) electrons. The molecule has 5 heteroatoms. The van der Waals surface area contributed by atoms with Crippen LogP contribution in [0.2, 0.25) is 0 Å². The van der Waals surface area contributed by atoms with E-state index in [1.807, 2.05) is 11.9 Å². The van der Waals surface area contributed by atoms with Crippen molar-refractivity contribution < 1.29 is 19.0 Å². The Labute approximate surface area is 122 Å². The van der Waals surface area contributed by atoms with E-state index in [4.69, 9.17) is 4.74 Å². The predicted octanol–water partition coefficient (Wildman–Crippen LogP) is 1.59. The van der Waals surface area contributed by atoms with Crippen LogP contribution in [0.15, 0.2) is 29.8 Å². The van der Waals surface area contributed by atoms with Crippen LogP contribution >= 0.6 is 0 Å². The first kappa shape index (κ1) is 14.2. The molecule has 1 saturated heterocycles. The lowest BCUT2D eigenvalue weighted by Gasteiger charge is -2.34. The highest BCUT2D eigenvalue weighted by molar-refractivity contribution is 5.99. The lowest BCUT2D eigenvalue weighted by atomic mass is 9.88. The first-order valence-electron chi connectivity index (χ1n) is 7.00. The molecule has 2 aliphatic heterocycles. The van der Waals surface area contributed by atoms with Gasteiger partial charge in [-0.1, -0.05) is 12.1 Å². The first-order valence-corrected chi connectivity index (χ1v) is 7.00. The highest BCUT2D eigenvalue weighted by atomic mass is 19.1. The van der Waals surface area contributed by atoms with E-state index in [1.165, 1.54) is 19.2 Å². The maximum Gasteiger partial charge on any atom is 0.335 e. The Morgan fingerprint density at radius 2 is 2.05 bits per heavy atom. The third-order valence-electron chi connectivity index (χ3n) is 4.59. The molecule has 2 heterocycles. The Kier molecular flexibility index (Phi) is 3.55. The minimum Gasteiger partial charge on any atom is -0.466 e. The average Bonchev–Trinajstić information content (AvgIpc) is 2.66. The number of ether oxygens (including phenoxy) is 1. The first-order chi connectivity index (χ1) is 10.0. The standard InChI is InChI=1S/C16H18FNO3/c1-18-12-7-11(9-3-5-10(17)6-4-9)15(16(20)21-2)13(18)8-14(12)19/h3-6,12-14,19H,7-8H2,1-2H3/t12?,13?,14-/m0/s1. The maximum absolute atomic E-state index is 13.1. The molecule has 3 atom stereocenters. The third-order valence-corrected chi connectivity index (χ3v) is 4.59. The summed E-state index contributed by atoms with van der Waals surface area (Å²) >= 11 is 0. The molecular formula is C16H18FNO3. The van der Waals surface area contributed by atoms with Crippen LogP contribution in [-0.2, 0) is 9.53 Å². The van der Waals surface area contributed by atoms with Crippen molar-refractivity contribution in [2.75, 3.05) is 14.2 Å². The Morgan fingerprint density at radius 3 is 2.67 bits per heavy atom. The molecule has 2 aliphatic rings. The predicted molar refractivity (Wildman–Crippen MR) is 75.9 cm³/mol. The number of methoxy groups -OCH3 is 1. The van der Waals surface area contributed by atoms with E-state index in [9.17, 15) is 14.3 Å². The highest BCUT2D eigenvalue weighted by Crippen LogP contribution is 2.42. The van der Waals surface area contributed by atoms with Gasteiger partial charge in [0.25, 0.3) is 0 Å². The van der Waals surface area contributed by atoms with Crippen molar-refractivity contribution in [3.05, 3.63) is 41.2 Å². The third kappa shape index (κ3) is 2.26. The van der Waals surface area contributed by atoms with Gasteiger partial charge in [0.05, 0.1) is 18.8 Å². The van der Waals surface area contributed by atoms with Crippen LogP contribution in [0, 0.1) is 5.82 Å². The van der Waals surface area contributed by atoms with Crippen LogP contribution in [0.4, 0.5) is 4.39 Å². The molecule has 2 bridgehead atoms. The van der Waals surface area contributed by atoms with Gasteiger partial charge in [0.15, 0.2) is 0 Å². The Balaban J connectivity index is 2.11. The second-order valence-electron chi connectivity index (χ2n) is 5.65. The molecule has 21 heavy (non-hydrogen) atoms. The number of carbonyl (C=O) groups excluding carboxylic acids is 1. The van der Waals surface area contributed by atoms with Crippen molar-refractivity contribution in [2.45, 2.75) is 31.0 Å². The number of hydrogen-bond donors (Lipinski definition) is 1. The van der Waals surface area contributed by atoms with E-state index < -0.39 is 6.10 Å². The number of fused-ring (bicyclic) bond motifs is 2. The van der Waals surface area contributed by atoms with E-state index >= 15 is 0 Å². The molecule has 4 nitrogen and oxygen atoms in total. The van der Waals surface area contributed by atoms with E-state index in [-0.39, 0.29) is 23.9 Å². The molecule has 1 aromatic carbocycles. The van der Waals surface area contributed by atoms with Gasteiger partial charge in [0.1, 0.15) is 5.82 Å². The van der Waals surface area contributed by atoms with Gasteiger partial charge in [-0.05, 0) is 43.2 Å². The van der Waals surface area contributed by atoms with Gasteiger partial charge in [-0.25, -0.2) is 9.18 Å². The monoisotopic (exact) mass is 291 g/mol. The number of benzene rings is 1. The van der Waals surface area contributed by atoms with Gasteiger partial charge in [-0.2, -0.15) is 0 Å². The SMILES string of the molecule is COC(=O)C1=C(c2ccc(F)cc2)CC2[C@@H](O)CC1N2C. The van der Waals surface area contributed by atoms with Crippen LogP contribution < -0.4 is 0 Å². The molecule has 0 amide bonds. The van der Waals surface area contributed by atoms with Crippen molar-refractivity contribution >= 4 is 11.5 Å². The van der Waals surface area contributed by atoms with Gasteiger partial charge in [-0.3, -0.25) is 4.90 Å². The summed E-state index contributed by atoms with van der Waals surface area (Å²) < 4.78 is 18.0. The van der Waals surface area contributed by atoms with Crippen LogP contribution in [0.3, 0.4) is 0 Å². The van der Waals surface area contributed by atoms with Crippen LogP contribution in [0.25, 0.3) is 5.57 Å². The average molecular weight is 291 g/mol. The lowest BCUT2D eigenvalue weighted by molar-refractivity contribution is -0.136. The molecule has 3 rings (SSSR count).